The number of hydrogen-bond donors (Lipinski definition) is 1. The summed E-state index contributed by atoms with van der Waals surface area (Å²) in [4.78, 5) is 17.6. The van der Waals surface area contributed by atoms with Gasteiger partial charge in [0.2, 0.25) is 6.10 Å². The first-order valence-corrected chi connectivity index (χ1v) is 7.94. The van der Waals surface area contributed by atoms with Gasteiger partial charge in [0.05, 0.1) is 12.8 Å². The molecule has 22 heavy (non-hydrogen) atoms. The van der Waals surface area contributed by atoms with Gasteiger partial charge in [-0.15, -0.1) is 0 Å². The molecule has 0 aromatic heterocycles. The number of methoxy groups -OCH3 is 1. The number of nitrogens with zero attached hydrogens (tertiary/aromatic N) is 1. The highest BCUT2D eigenvalue weighted by Crippen LogP contribution is 2.21. The maximum atomic E-state index is 12.3. The molecule has 0 saturated heterocycles. The highest BCUT2D eigenvalue weighted by atomic mass is 16.6. The lowest BCUT2D eigenvalue weighted by Gasteiger charge is -2.23. The predicted molar refractivity (Wildman–Crippen MR) is 84.0 cm³/mol. The van der Waals surface area contributed by atoms with Crippen LogP contribution in [0.1, 0.15) is 44.1 Å². The zero-order valence-electron chi connectivity index (χ0n) is 12.9. The van der Waals surface area contributed by atoms with E-state index in [1.165, 1.54) is 19.3 Å². The van der Waals surface area contributed by atoms with Crippen molar-refractivity contribution in [3.05, 3.63) is 29.8 Å². The third kappa shape index (κ3) is 3.40. The van der Waals surface area contributed by atoms with Gasteiger partial charge in [0.1, 0.15) is 5.75 Å². The molecule has 1 aromatic carbocycles. The number of rotatable bonds is 4. The van der Waals surface area contributed by atoms with E-state index in [-0.39, 0.29) is 5.91 Å². The lowest BCUT2D eigenvalue weighted by Crippen LogP contribution is -2.42. The van der Waals surface area contributed by atoms with Gasteiger partial charge in [-0.1, -0.05) is 24.4 Å². The van der Waals surface area contributed by atoms with Crippen molar-refractivity contribution in [3.8, 4) is 5.75 Å². The molecule has 0 unspecified atom stereocenters. The molecular formula is C17H22N2O3. The van der Waals surface area contributed by atoms with Crippen molar-refractivity contribution in [1.82, 2.24) is 5.32 Å². The average molecular weight is 302 g/mol. The van der Waals surface area contributed by atoms with Gasteiger partial charge < -0.3 is 14.9 Å². The molecule has 0 bridgehead atoms. The van der Waals surface area contributed by atoms with Crippen LogP contribution in [0.3, 0.4) is 0 Å². The minimum absolute atomic E-state index is 0.0424. The van der Waals surface area contributed by atoms with Crippen LogP contribution in [-0.4, -0.2) is 30.9 Å². The van der Waals surface area contributed by atoms with Gasteiger partial charge in [-0.05, 0) is 42.7 Å². The van der Waals surface area contributed by atoms with Crippen LogP contribution in [-0.2, 0) is 9.63 Å². The summed E-state index contributed by atoms with van der Waals surface area (Å²) in [6.07, 6.45) is 5.84. The van der Waals surface area contributed by atoms with Crippen LogP contribution in [0.25, 0.3) is 0 Å². The summed E-state index contributed by atoms with van der Waals surface area (Å²) in [5.74, 6) is 0.758. The Balaban J connectivity index is 1.54. The first-order valence-electron chi connectivity index (χ1n) is 7.94. The lowest BCUT2D eigenvalue weighted by atomic mass is 9.95. The molecule has 0 radical (unpaired) electrons. The Hall–Kier alpha value is -2.04. The van der Waals surface area contributed by atoms with Crippen LogP contribution in [0.5, 0.6) is 5.75 Å². The van der Waals surface area contributed by atoms with E-state index in [4.69, 9.17) is 9.57 Å². The fraction of sp³-hybridized carbons (Fsp3) is 0.529. The van der Waals surface area contributed by atoms with Crippen molar-refractivity contribution < 1.29 is 14.4 Å². The van der Waals surface area contributed by atoms with E-state index in [0.29, 0.717) is 12.5 Å². The second kappa shape index (κ2) is 6.81. The Morgan fingerprint density at radius 3 is 2.64 bits per heavy atom. The Labute approximate surface area is 130 Å². The topological polar surface area (TPSA) is 59.9 Å². The molecule has 5 heteroatoms. The molecular weight excluding hydrogens is 280 g/mol. The molecule has 0 spiro atoms. The highest BCUT2D eigenvalue weighted by Gasteiger charge is 2.30. The van der Waals surface area contributed by atoms with Crippen molar-refractivity contribution in [3.63, 3.8) is 0 Å². The molecule has 1 N–H and O–H groups in total. The van der Waals surface area contributed by atoms with Crippen molar-refractivity contribution >= 4 is 11.6 Å². The summed E-state index contributed by atoms with van der Waals surface area (Å²) in [7, 11) is 1.64. The van der Waals surface area contributed by atoms with Gasteiger partial charge in [-0.25, -0.2) is 0 Å². The molecule has 2 aliphatic rings. The SMILES string of the molecule is COc1ccc(C2=NO[C@@H](C(=O)NC3CCCCC3)C2)cc1. The van der Waals surface area contributed by atoms with E-state index in [0.717, 1.165) is 29.9 Å². The second-order valence-corrected chi connectivity index (χ2v) is 5.91. The average Bonchev–Trinajstić information content (AvgIpc) is 3.06. The van der Waals surface area contributed by atoms with E-state index < -0.39 is 6.10 Å². The zero-order chi connectivity index (χ0) is 15.4. The van der Waals surface area contributed by atoms with Crippen LogP contribution in [0.15, 0.2) is 29.4 Å². The van der Waals surface area contributed by atoms with Gasteiger partial charge in [-0.2, -0.15) is 0 Å². The number of benzene rings is 1. The highest BCUT2D eigenvalue weighted by molar-refractivity contribution is 6.04. The summed E-state index contributed by atoms with van der Waals surface area (Å²) in [5, 5.41) is 7.17. The monoisotopic (exact) mass is 302 g/mol. The Bertz CT molecular complexity index is 548. The number of nitrogens with one attached hydrogen (secondary N) is 1. The molecule has 5 nitrogen and oxygen atoms in total. The molecule has 1 aliphatic carbocycles. The summed E-state index contributed by atoms with van der Waals surface area (Å²) < 4.78 is 5.14. The van der Waals surface area contributed by atoms with Gasteiger partial charge in [0.15, 0.2) is 0 Å². The third-order valence-electron chi connectivity index (χ3n) is 4.34. The van der Waals surface area contributed by atoms with Gasteiger partial charge >= 0.3 is 0 Å². The van der Waals surface area contributed by atoms with Crippen molar-refractivity contribution in [2.45, 2.75) is 50.7 Å². The molecule has 1 aromatic rings. The third-order valence-corrected chi connectivity index (χ3v) is 4.34. The van der Waals surface area contributed by atoms with Crippen molar-refractivity contribution in [2.75, 3.05) is 7.11 Å². The molecule has 1 aliphatic heterocycles. The van der Waals surface area contributed by atoms with E-state index in [1.54, 1.807) is 7.11 Å². The Morgan fingerprint density at radius 2 is 1.95 bits per heavy atom. The lowest BCUT2D eigenvalue weighted by molar-refractivity contribution is -0.132. The minimum Gasteiger partial charge on any atom is -0.497 e. The molecule has 1 saturated carbocycles. The predicted octanol–water partition coefficient (Wildman–Crippen LogP) is 2.64. The van der Waals surface area contributed by atoms with Crippen LogP contribution >= 0.6 is 0 Å². The molecule has 1 amide bonds. The fourth-order valence-electron chi connectivity index (χ4n) is 3.01. The minimum atomic E-state index is -0.501. The number of ether oxygens (including phenoxy) is 1. The van der Waals surface area contributed by atoms with Gasteiger partial charge in [0, 0.05) is 12.5 Å². The number of carbonyl (C=O) groups is 1. The summed E-state index contributed by atoms with van der Waals surface area (Å²) >= 11 is 0. The maximum Gasteiger partial charge on any atom is 0.264 e. The quantitative estimate of drug-likeness (QED) is 0.930. The van der Waals surface area contributed by atoms with E-state index in [2.05, 4.69) is 10.5 Å². The first-order chi connectivity index (χ1) is 10.8. The van der Waals surface area contributed by atoms with Crippen molar-refractivity contribution in [2.24, 2.45) is 5.16 Å². The van der Waals surface area contributed by atoms with Crippen molar-refractivity contribution in [1.29, 1.82) is 0 Å². The number of carbonyl (C=O) groups excluding carboxylic acids is 1. The number of oxime groups is 1. The van der Waals surface area contributed by atoms with Gasteiger partial charge in [-0.3, -0.25) is 4.79 Å². The van der Waals surface area contributed by atoms with E-state index in [1.807, 2.05) is 24.3 Å². The molecule has 1 atom stereocenters. The summed E-state index contributed by atoms with van der Waals surface area (Å²) in [6.45, 7) is 0. The largest absolute Gasteiger partial charge is 0.497 e. The zero-order valence-corrected chi connectivity index (χ0v) is 12.9. The smallest absolute Gasteiger partial charge is 0.264 e. The molecule has 1 fully saturated rings. The summed E-state index contributed by atoms with van der Waals surface area (Å²) in [5.41, 5.74) is 1.78. The molecule has 118 valence electrons. The Morgan fingerprint density at radius 1 is 1.23 bits per heavy atom. The number of hydrogen-bond acceptors (Lipinski definition) is 4. The summed E-state index contributed by atoms with van der Waals surface area (Å²) in [6, 6.07) is 7.93. The first kappa shape index (κ1) is 14.9. The normalized spacial score (nSPS) is 21.9. The molecule has 3 rings (SSSR count). The number of amides is 1. The van der Waals surface area contributed by atoms with Crippen LogP contribution in [0.4, 0.5) is 0 Å². The van der Waals surface area contributed by atoms with Crippen LogP contribution in [0.2, 0.25) is 0 Å². The Kier molecular flexibility index (Phi) is 4.61. The van der Waals surface area contributed by atoms with Gasteiger partial charge in [0.25, 0.3) is 5.91 Å². The van der Waals surface area contributed by atoms with E-state index in [9.17, 15) is 4.79 Å². The van der Waals surface area contributed by atoms with Crippen LogP contribution < -0.4 is 10.1 Å². The fourth-order valence-corrected chi connectivity index (χ4v) is 3.01. The second-order valence-electron chi connectivity index (χ2n) is 5.91. The standard InChI is InChI=1S/C17H22N2O3/c1-21-14-9-7-12(8-10-14)15-11-16(22-19-15)17(20)18-13-5-3-2-4-6-13/h7-10,13,16H,2-6,11H2,1H3,(H,18,20)/t16-/m1/s1. The van der Waals surface area contributed by atoms with E-state index >= 15 is 0 Å². The maximum absolute atomic E-state index is 12.3. The van der Waals surface area contributed by atoms with Crippen LogP contribution in [0, 0.1) is 0 Å². The molecule has 1 heterocycles.